The van der Waals surface area contributed by atoms with E-state index in [2.05, 4.69) is 25.7 Å². The predicted molar refractivity (Wildman–Crippen MR) is 140 cm³/mol. The summed E-state index contributed by atoms with van der Waals surface area (Å²) in [6.07, 6.45) is 0.773. The van der Waals surface area contributed by atoms with Crippen molar-refractivity contribution >= 4 is 34.2 Å². The highest BCUT2D eigenvalue weighted by molar-refractivity contribution is 6.09. The molecule has 0 bridgehead atoms. The molecule has 0 saturated carbocycles. The van der Waals surface area contributed by atoms with Crippen LogP contribution in [0.25, 0.3) is 10.9 Å². The number of aromatic nitrogens is 2. The minimum Gasteiger partial charge on any atom is -0.378 e. The van der Waals surface area contributed by atoms with Crippen molar-refractivity contribution in [2.24, 2.45) is 0 Å². The number of hydrogen-bond donors (Lipinski definition) is 3. The zero-order valence-corrected chi connectivity index (χ0v) is 20.2. The van der Waals surface area contributed by atoms with Gasteiger partial charge in [0, 0.05) is 35.3 Å². The highest BCUT2D eigenvalue weighted by Crippen LogP contribution is 2.24. The quantitative estimate of drug-likeness (QED) is 0.359. The van der Waals surface area contributed by atoms with Gasteiger partial charge in [-0.15, -0.1) is 0 Å². The SMILES string of the molecule is CCC(NC(=O)c1ccc2[nH]nc(NC(=O)c3ccc(N4CCOCC4)cc3)c2c1)c1ccccc1. The van der Waals surface area contributed by atoms with Crippen LogP contribution in [0.4, 0.5) is 11.5 Å². The van der Waals surface area contributed by atoms with Gasteiger partial charge in [0.2, 0.25) is 0 Å². The van der Waals surface area contributed by atoms with E-state index in [-0.39, 0.29) is 17.9 Å². The molecule has 1 aromatic heterocycles. The van der Waals surface area contributed by atoms with E-state index in [0.717, 1.165) is 36.3 Å². The normalized spacial score (nSPS) is 14.4. The molecule has 0 spiro atoms. The zero-order chi connectivity index (χ0) is 24.9. The number of carbonyl (C=O) groups excluding carboxylic acids is 2. The standard InChI is InChI=1S/C28H29N5O3/c1-2-24(19-6-4-3-5-7-19)29-28(35)21-10-13-25-23(18-21)26(32-31-25)30-27(34)20-8-11-22(12-9-20)33-14-16-36-17-15-33/h3-13,18,24H,2,14-17H2,1H3,(H,29,35)(H2,30,31,32,34). The van der Waals surface area contributed by atoms with E-state index in [0.29, 0.717) is 35.5 Å². The van der Waals surface area contributed by atoms with Gasteiger partial charge in [-0.1, -0.05) is 37.3 Å². The van der Waals surface area contributed by atoms with Crippen LogP contribution < -0.4 is 15.5 Å². The minimum atomic E-state index is -0.262. The molecule has 184 valence electrons. The Morgan fingerprint density at radius 1 is 0.972 bits per heavy atom. The van der Waals surface area contributed by atoms with E-state index < -0.39 is 0 Å². The summed E-state index contributed by atoms with van der Waals surface area (Å²) in [6, 6.07) is 22.6. The summed E-state index contributed by atoms with van der Waals surface area (Å²) < 4.78 is 5.40. The van der Waals surface area contributed by atoms with Crippen molar-refractivity contribution in [3.63, 3.8) is 0 Å². The maximum Gasteiger partial charge on any atom is 0.256 e. The number of rotatable bonds is 7. The van der Waals surface area contributed by atoms with Gasteiger partial charge in [-0.25, -0.2) is 0 Å². The molecule has 0 radical (unpaired) electrons. The van der Waals surface area contributed by atoms with E-state index in [1.165, 1.54) is 0 Å². The lowest BCUT2D eigenvalue weighted by atomic mass is 10.0. The van der Waals surface area contributed by atoms with Gasteiger partial charge >= 0.3 is 0 Å². The number of benzene rings is 3. The van der Waals surface area contributed by atoms with Gasteiger partial charge < -0.3 is 20.3 Å². The Kier molecular flexibility index (Phi) is 6.95. The molecule has 1 atom stereocenters. The Morgan fingerprint density at radius 2 is 1.69 bits per heavy atom. The number of nitrogens with zero attached hydrogens (tertiary/aromatic N) is 2. The maximum absolute atomic E-state index is 13.0. The van der Waals surface area contributed by atoms with Crippen LogP contribution in [0.1, 0.15) is 45.7 Å². The van der Waals surface area contributed by atoms with E-state index >= 15 is 0 Å². The lowest BCUT2D eigenvalue weighted by Crippen LogP contribution is -2.36. The van der Waals surface area contributed by atoms with Crippen molar-refractivity contribution in [1.82, 2.24) is 15.5 Å². The summed E-state index contributed by atoms with van der Waals surface area (Å²) in [5, 5.41) is 13.9. The summed E-state index contributed by atoms with van der Waals surface area (Å²) >= 11 is 0. The minimum absolute atomic E-state index is 0.0849. The average molecular weight is 484 g/mol. The lowest BCUT2D eigenvalue weighted by molar-refractivity contribution is 0.0935. The van der Waals surface area contributed by atoms with Crippen molar-refractivity contribution in [2.75, 3.05) is 36.5 Å². The number of amides is 2. The van der Waals surface area contributed by atoms with Crippen molar-refractivity contribution in [3.05, 3.63) is 89.5 Å². The second-order valence-electron chi connectivity index (χ2n) is 8.78. The summed E-state index contributed by atoms with van der Waals surface area (Å²) in [7, 11) is 0. The largest absolute Gasteiger partial charge is 0.378 e. The van der Waals surface area contributed by atoms with Gasteiger partial charge in [0.15, 0.2) is 5.82 Å². The van der Waals surface area contributed by atoms with Crippen LogP contribution in [0, 0.1) is 0 Å². The first-order chi connectivity index (χ1) is 17.6. The number of hydrogen-bond acceptors (Lipinski definition) is 5. The molecular formula is C28H29N5O3. The van der Waals surface area contributed by atoms with Crippen LogP contribution in [0.3, 0.4) is 0 Å². The number of morpholine rings is 1. The summed E-state index contributed by atoms with van der Waals surface area (Å²) in [6.45, 7) is 5.13. The van der Waals surface area contributed by atoms with Crippen molar-refractivity contribution < 1.29 is 14.3 Å². The third-order valence-electron chi connectivity index (χ3n) is 6.48. The number of carbonyl (C=O) groups is 2. The molecule has 3 N–H and O–H groups in total. The fraction of sp³-hybridized carbons (Fsp3) is 0.250. The number of H-pyrrole nitrogens is 1. The van der Waals surface area contributed by atoms with E-state index in [1.54, 1.807) is 18.2 Å². The molecule has 4 aromatic rings. The summed E-state index contributed by atoms with van der Waals surface area (Å²) in [4.78, 5) is 28.2. The number of nitrogens with one attached hydrogen (secondary N) is 3. The molecule has 1 aliphatic rings. The first kappa shape index (κ1) is 23.6. The number of ether oxygens (including phenoxy) is 1. The van der Waals surface area contributed by atoms with Gasteiger partial charge in [-0.3, -0.25) is 14.7 Å². The highest BCUT2D eigenvalue weighted by atomic mass is 16.5. The molecule has 1 unspecified atom stereocenters. The van der Waals surface area contributed by atoms with Crippen LogP contribution >= 0.6 is 0 Å². The molecule has 0 aliphatic carbocycles. The second-order valence-corrected chi connectivity index (χ2v) is 8.78. The van der Waals surface area contributed by atoms with Crippen LogP contribution in [-0.4, -0.2) is 48.3 Å². The fourth-order valence-electron chi connectivity index (χ4n) is 4.42. The van der Waals surface area contributed by atoms with Crippen molar-refractivity contribution in [2.45, 2.75) is 19.4 Å². The monoisotopic (exact) mass is 483 g/mol. The van der Waals surface area contributed by atoms with Crippen LogP contribution in [0.2, 0.25) is 0 Å². The molecule has 1 saturated heterocycles. The van der Waals surface area contributed by atoms with Gasteiger partial charge in [0.05, 0.1) is 24.8 Å². The average Bonchev–Trinajstić information content (AvgIpc) is 3.34. The molecule has 8 heteroatoms. The highest BCUT2D eigenvalue weighted by Gasteiger charge is 2.17. The van der Waals surface area contributed by atoms with Gasteiger partial charge in [-0.05, 0) is 54.4 Å². The fourth-order valence-corrected chi connectivity index (χ4v) is 4.42. The second kappa shape index (κ2) is 10.6. The zero-order valence-electron chi connectivity index (χ0n) is 20.2. The number of anilines is 2. The Labute approximate surface area is 209 Å². The van der Waals surface area contributed by atoms with Crippen LogP contribution in [0.5, 0.6) is 0 Å². The van der Waals surface area contributed by atoms with Gasteiger partial charge in [0.1, 0.15) is 0 Å². The Balaban J connectivity index is 1.30. The predicted octanol–water partition coefficient (Wildman–Crippen LogP) is 4.53. The van der Waals surface area contributed by atoms with Crippen molar-refractivity contribution in [1.29, 1.82) is 0 Å². The number of fused-ring (bicyclic) bond motifs is 1. The van der Waals surface area contributed by atoms with E-state index in [1.807, 2.05) is 61.5 Å². The first-order valence-electron chi connectivity index (χ1n) is 12.2. The molecule has 2 amide bonds. The molecule has 2 heterocycles. The maximum atomic E-state index is 13.0. The topological polar surface area (TPSA) is 99.3 Å². The molecular weight excluding hydrogens is 454 g/mol. The van der Waals surface area contributed by atoms with Crippen molar-refractivity contribution in [3.8, 4) is 0 Å². The van der Waals surface area contributed by atoms with Crippen LogP contribution in [-0.2, 0) is 4.74 Å². The van der Waals surface area contributed by atoms with E-state index in [9.17, 15) is 9.59 Å². The Hall–Kier alpha value is -4.17. The lowest BCUT2D eigenvalue weighted by Gasteiger charge is -2.28. The van der Waals surface area contributed by atoms with Crippen LogP contribution in [0.15, 0.2) is 72.8 Å². The third kappa shape index (κ3) is 5.08. The molecule has 3 aromatic carbocycles. The Bertz CT molecular complexity index is 1340. The molecule has 1 fully saturated rings. The van der Waals surface area contributed by atoms with Gasteiger partial charge in [0.25, 0.3) is 11.8 Å². The third-order valence-corrected chi connectivity index (χ3v) is 6.48. The number of aromatic amines is 1. The molecule has 1 aliphatic heterocycles. The summed E-state index contributed by atoms with van der Waals surface area (Å²) in [5.74, 6) is -0.0521. The molecule has 5 rings (SSSR count). The first-order valence-corrected chi connectivity index (χ1v) is 12.2. The molecule has 8 nitrogen and oxygen atoms in total. The molecule has 36 heavy (non-hydrogen) atoms. The smallest absolute Gasteiger partial charge is 0.256 e. The summed E-state index contributed by atoms with van der Waals surface area (Å²) in [5.41, 5.74) is 3.90. The van der Waals surface area contributed by atoms with Gasteiger partial charge in [-0.2, -0.15) is 5.10 Å². The Morgan fingerprint density at radius 3 is 2.42 bits per heavy atom. The van der Waals surface area contributed by atoms with E-state index in [4.69, 9.17) is 4.74 Å².